The molecule has 0 unspecified atom stereocenters. The lowest BCUT2D eigenvalue weighted by atomic mass is 10.2. The number of nitrogens with one attached hydrogen (secondary N) is 2. The highest BCUT2D eigenvalue weighted by molar-refractivity contribution is 5.94. The van der Waals surface area contributed by atoms with E-state index in [0.29, 0.717) is 28.9 Å². The average molecular weight is 358 g/mol. The fraction of sp³-hybridized carbons (Fsp3) is 0.444. The molecule has 2 amide bonds. The van der Waals surface area contributed by atoms with Gasteiger partial charge in [0, 0.05) is 24.4 Å². The van der Waals surface area contributed by atoms with Crippen molar-refractivity contribution in [2.75, 3.05) is 13.7 Å². The number of amides is 2. The van der Waals surface area contributed by atoms with Gasteiger partial charge in [0.1, 0.15) is 11.8 Å². The van der Waals surface area contributed by atoms with E-state index in [0.717, 1.165) is 12.8 Å². The van der Waals surface area contributed by atoms with Crippen molar-refractivity contribution in [2.24, 2.45) is 0 Å². The Hall–Kier alpha value is -2.90. The van der Waals surface area contributed by atoms with Crippen LogP contribution in [0.4, 0.5) is 0 Å². The summed E-state index contributed by atoms with van der Waals surface area (Å²) in [4.78, 5) is 28.4. The first kappa shape index (κ1) is 17.9. The van der Waals surface area contributed by atoms with Crippen LogP contribution in [-0.2, 0) is 4.79 Å². The third kappa shape index (κ3) is 4.59. The number of rotatable bonds is 8. The Balaban J connectivity index is 1.42. The average Bonchev–Trinajstić information content (AvgIpc) is 3.38. The number of benzene rings is 1. The van der Waals surface area contributed by atoms with E-state index in [1.165, 1.54) is 0 Å². The summed E-state index contributed by atoms with van der Waals surface area (Å²) in [7, 11) is 1.54. The van der Waals surface area contributed by atoms with Crippen molar-refractivity contribution in [3.8, 4) is 5.75 Å². The maximum Gasteiger partial charge on any atom is 0.251 e. The topological polar surface area (TPSA) is 106 Å². The Kier molecular flexibility index (Phi) is 5.50. The lowest BCUT2D eigenvalue weighted by molar-refractivity contribution is -0.121. The Morgan fingerprint density at radius 1 is 1.38 bits per heavy atom. The van der Waals surface area contributed by atoms with Gasteiger partial charge in [-0.25, -0.2) is 0 Å². The number of hydrogen-bond donors (Lipinski definition) is 2. The van der Waals surface area contributed by atoms with Crippen LogP contribution in [0.2, 0.25) is 0 Å². The highest BCUT2D eigenvalue weighted by Crippen LogP contribution is 2.38. The fourth-order valence-corrected chi connectivity index (χ4v) is 2.46. The van der Waals surface area contributed by atoms with Gasteiger partial charge in [-0.3, -0.25) is 9.59 Å². The van der Waals surface area contributed by atoms with Gasteiger partial charge in [-0.05, 0) is 38.0 Å². The predicted molar refractivity (Wildman–Crippen MR) is 92.8 cm³/mol. The third-order valence-electron chi connectivity index (χ3n) is 4.12. The molecule has 8 nitrogen and oxygen atoms in total. The van der Waals surface area contributed by atoms with E-state index >= 15 is 0 Å². The minimum absolute atomic E-state index is 0.156. The number of hydrogen-bond acceptors (Lipinski definition) is 6. The largest absolute Gasteiger partial charge is 0.497 e. The van der Waals surface area contributed by atoms with Crippen LogP contribution in [-0.4, -0.2) is 35.6 Å². The summed E-state index contributed by atoms with van der Waals surface area (Å²) in [6.07, 6.45) is 2.34. The summed E-state index contributed by atoms with van der Waals surface area (Å²) >= 11 is 0. The van der Waals surface area contributed by atoms with Crippen molar-refractivity contribution >= 4 is 11.8 Å². The number of carbonyl (C=O) groups excluding carboxylic acids is 2. The molecule has 0 bridgehead atoms. The molecule has 1 aliphatic rings. The summed E-state index contributed by atoms with van der Waals surface area (Å²) in [5.74, 6) is 1.68. The molecule has 1 aromatic heterocycles. The lowest BCUT2D eigenvalue weighted by Gasteiger charge is -2.10. The summed E-state index contributed by atoms with van der Waals surface area (Å²) in [6, 6.07) is 6.47. The smallest absolute Gasteiger partial charge is 0.251 e. The first-order valence-electron chi connectivity index (χ1n) is 8.62. The molecule has 2 N–H and O–H groups in total. The van der Waals surface area contributed by atoms with Crippen molar-refractivity contribution in [1.29, 1.82) is 0 Å². The standard InChI is InChI=1S/C18H22N4O4/c1-11(18-21-16(22-26-18)12-6-7-12)20-15(23)8-9-19-17(24)13-4-3-5-14(10-13)25-2/h3-5,10-12H,6-9H2,1-2H3,(H,19,24)(H,20,23)/t11-/m0/s1. The number of methoxy groups -OCH3 is 1. The normalized spacial score (nSPS) is 14.5. The van der Waals surface area contributed by atoms with Crippen molar-refractivity contribution in [3.05, 3.63) is 41.5 Å². The van der Waals surface area contributed by atoms with Gasteiger partial charge >= 0.3 is 0 Å². The van der Waals surface area contributed by atoms with E-state index in [2.05, 4.69) is 20.8 Å². The number of carbonyl (C=O) groups is 2. The summed E-state index contributed by atoms with van der Waals surface area (Å²) in [6.45, 7) is 2.02. The highest BCUT2D eigenvalue weighted by Gasteiger charge is 2.29. The molecular weight excluding hydrogens is 336 g/mol. The molecule has 0 radical (unpaired) electrons. The van der Waals surface area contributed by atoms with E-state index in [1.807, 2.05) is 0 Å². The molecule has 0 aliphatic heterocycles. The van der Waals surface area contributed by atoms with Gasteiger partial charge in [-0.15, -0.1) is 0 Å². The minimum atomic E-state index is -0.364. The van der Waals surface area contributed by atoms with Gasteiger partial charge < -0.3 is 19.9 Å². The van der Waals surface area contributed by atoms with Crippen molar-refractivity contribution in [1.82, 2.24) is 20.8 Å². The molecule has 1 atom stereocenters. The van der Waals surface area contributed by atoms with Gasteiger partial charge in [0.15, 0.2) is 5.82 Å². The number of aromatic nitrogens is 2. The van der Waals surface area contributed by atoms with Gasteiger partial charge in [-0.2, -0.15) is 4.98 Å². The molecule has 1 saturated carbocycles. The monoisotopic (exact) mass is 358 g/mol. The molecular formula is C18H22N4O4. The second kappa shape index (κ2) is 7.99. The second-order valence-corrected chi connectivity index (χ2v) is 6.29. The molecule has 0 spiro atoms. The van der Waals surface area contributed by atoms with Gasteiger partial charge in [0.25, 0.3) is 5.91 Å². The predicted octanol–water partition coefficient (Wildman–Crippen LogP) is 1.95. The van der Waals surface area contributed by atoms with Crippen LogP contribution in [0.5, 0.6) is 5.75 Å². The van der Waals surface area contributed by atoms with E-state index in [-0.39, 0.29) is 30.8 Å². The van der Waals surface area contributed by atoms with E-state index in [9.17, 15) is 9.59 Å². The van der Waals surface area contributed by atoms with Crippen molar-refractivity contribution < 1.29 is 18.8 Å². The number of nitrogens with zero attached hydrogens (tertiary/aromatic N) is 2. The molecule has 1 aromatic carbocycles. The van der Waals surface area contributed by atoms with Crippen LogP contribution in [0.15, 0.2) is 28.8 Å². The van der Waals surface area contributed by atoms with Crippen LogP contribution in [0.25, 0.3) is 0 Å². The molecule has 0 saturated heterocycles. The van der Waals surface area contributed by atoms with E-state index in [4.69, 9.17) is 9.26 Å². The van der Waals surface area contributed by atoms with Crippen LogP contribution in [0.3, 0.4) is 0 Å². The van der Waals surface area contributed by atoms with Crippen molar-refractivity contribution in [2.45, 2.75) is 38.1 Å². The zero-order chi connectivity index (χ0) is 18.5. The Labute approximate surface area is 151 Å². The summed E-state index contributed by atoms with van der Waals surface area (Å²) in [5.41, 5.74) is 0.483. The van der Waals surface area contributed by atoms with Crippen molar-refractivity contribution in [3.63, 3.8) is 0 Å². The second-order valence-electron chi connectivity index (χ2n) is 6.29. The number of ether oxygens (including phenoxy) is 1. The van der Waals surface area contributed by atoms with Crippen LogP contribution in [0, 0.1) is 0 Å². The Morgan fingerprint density at radius 2 is 2.19 bits per heavy atom. The van der Waals surface area contributed by atoms with Gasteiger partial charge in [-0.1, -0.05) is 11.2 Å². The van der Waals surface area contributed by atoms with Crippen LogP contribution >= 0.6 is 0 Å². The quantitative estimate of drug-likeness (QED) is 0.747. The van der Waals surface area contributed by atoms with E-state index < -0.39 is 0 Å². The van der Waals surface area contributed by atoms with Gasteiger partial charge in [0.2, 0.25) is 11.8 Å². The SMILES string of the molecule is COc1cccc(C(=O)NCCC(=O)N[C@@H](C)c2nc(C3CC3)no2)c1. The zero-order valence-electron chi connectivity index (χ0n) is 14.8. The van der Waals surface area contributed by atoms with Crippen LogP contribution in [0.1, 0.15) is 60.2 Å². The molecule has 3 rings (SSSR count). The molecule has 1 heterocycles. The van der Waals surface area contributed by atoms with Crippen LogP contribution < -0.4 is 15.4 Å². The maximum absolute atomic E-state index is 12.1. The third-order valence-corrected chi connectivity index (χ3v) is 4.12. The first-order valence-corrected chi connectivity index (χ1v) is 8.62. The molecule has 2 aromatic rings. The van der Waals surface area contributed by atoms with Gasteiger partial charge in [0.05, 0.1) is 7.11 Å². The first-order chi connectivity index (χ1) is 12.6. The summed E-state index contributed by atoms with van der Waals surface area (Å²) < 4.78 is 10.3. The zero-order valence-corrected chi connectivity index (χ0v) is 14.8. The summed E-state index contributed by atoms with van der Waals surface area (Å²) in [5, 5.41) is 9.44. The van der Waals surface area contributed by atoms with E-state index in [1.54, 1.807) is 38.3 Å². The molecule has 1 aliphatic carbocycles. The Morgan fingerprint density at radius 3 is 2.92 bits per heavy atom. The molecule has 138 valence electrons. The highest BCUT2D eigenvalue weighted by atomic mass is 16.5. The molecule has 1 fully saturated rings. The molecule has 26 heavy (non-hydrogen) atoms. The minimum Gasteiger partial charge on any atom is -0.497 e. The Bertz CT molecular complexity index is 785. The molecule has 8 heteroatoms. The maximum atomic E-state index is 12.1. The lowest BCUT2D eigenvalue weighted by Crippen LogP contribution is -2.32. The fourth-order valence-electron chi connectivity index (χ4n) is 2.46.